The minimum atomic E-state index is -0.574. The van der Waals surface area contributed by atoms with Crippen molar-refractivity contribution in [1.29, 1.82) is 0 Å². The van der Waals surface area contributed by atoms with Gasteiger partial charge in [0.1, 0.15) is 22.9 Å². The van der Waals surface area contributed by atoms with Crippen molar-refractivity contribution >= 4 is 34.1 Å². The molecule has 0 aliphatic carbocycles. The number of pyridine rings is 1. The first kappa shape index (κ1) is 21.2. The minimum Gasteiger partial charge on any atom is -0.457 e. The van der Waals surface area contributed by atoms with Crippen molar-refractivity contribution in [2.45, 2.75) is 26.4 Å². The van der Waals surface area contributed by atoms with Crippen LogP contribution >= 0.6 is 0 Å². The Labute approximate surface area is 187 Å². The van der Waals surface area contributed by atoms with Gasteiger partial charge in [-0.3, -0.25) is 5.32 Å². The molecule has 0 aliphatic heterocycles. The first-order valence-electron chi connectivity index (χ1n) is 10.4. The number of rotatable bonds is 5. The van der Waals surface area contributed by atoms with Crippen LogP contribution < -0.4 is 15.4 Å². The van der Waals surface area contributed by atoms with Crippen LogP contribution in [0.3, 0.4) is 0 Å². The van der Waals surface area contributed by atoms with Crippen molar-refractivity contribution in [1.82, 2.24) is 4.98 Å². The molecular formula is C26H25N3O3. The maximum Gasteiger partial charge on any atom is 0.412 e. The van der Waals surface area contributed by atoms with E-state index in [0.29, 0.717) is 23.0 Å². The number of nitrogens with zero attached hydrogens (tertiary/aromatic N) is 1. The monoisotopic (exact) mass is 427 g/mol. The lowest BCUT2D eigenvalue weighted by atomic mass is 10.1. The second kappa shape index (κ2) is 8.98. The van der Waals surface area contributed by atoms with E-state index < -0.39 is 11.7 Å². The van der Waals surface area contributed by atoms with Crippen molar-refractivity contribution in [2.24, 2.45) is 0 Å². The van der Waals surface area contributed by atoms with Crippen molar-refractivity contribution in [3.63, 3.8) is 0 Å². The molecule has 0 bridgehead atoms. The van der Waals surface area contributed by atoms with Crippen LogP contribution in [-0.2, 0) is 4.74 Å². The van der Waals surface area contributed by atoms with Gasteiger partial charge in [-0.1, -0.05) is 42.5 Å². The molecule has 2 N–H and O–H groups in total. The average Bonchev–Trinajstić information content (AvgIpc) is 2.75. The van der Waals surface area contributed by atoms with Gasteiger partial charge in [0, 0.05) is 28.7 Å². The lowest BCUT2D eigenvalue weighted by Crippen LogP contribution is -2.27. The third kappa shape index (κ3) is 5.35. The summed E-state index contributed by atoms with van der Waals surface area (Å²) in [5.74, 6) is 2.00. The quantitative estimate of drug-likeness (QED) is 0.355. The van der Waals surface area contributed by atoms with Gasteiger partial charge < -0.3 is 14.8 Å². The van der Waals surface area contributed by atoms with Gasteiger partial charge in [-0.25, -0.2) is 9.78 Å². The van der Waals surface area contributed by atoms with Crippen LogP contribution in [-0.4, -0.2) is 16.7 Å². The molecule has 0 saturated heterocycles. The Bertz CT molecular complexity index is 1230. The Kier molecular flexibility index (Phi) is 5.94. The second-order valence-corrected chi connectivity index (χ2v) is 8.25. The summed E-state index contributed by atoms with van der Waals surface area (Å²) in [6.45, 7) is 5.49. The highest BCUT2D eigenvalue weighted by Gasteiger charge is 2.17. The van der Waals surface area contributed by atoms with Crippen LogP contribution in [0.25, 0.3) is 10.8 Å². The van der Waals surface area contributed by atoms with E-state index in [9.17, 15) is 4.79 Å². The number of ether oxygens (including phenoxy) is 2. The largest absolute Gasteiger partial charge is 0.457 e. The molecule has 1 aromatic heterocycles. The van der Waals surface area contributed by atoms with Gasteiger partial charge in [-0.15, -0.1) is 0 Å². The Hall–Kier alpha value is -4.06. The highest BCUT2D eigenvalue weighted by molar-refractivity contribution is 6.02. The zero-order valence-electron chi connectivity index (χ0n) is 18.3. The summed E-state index contributed by atoms with van der Waals surface area (Å²) < 4.78 is 11.6. The van der Waals surface area contributed by atoms with E-state index in [1.165, 1.54) is 0 Å². The van der Waals surface area contributed by atoms with Gasteiger partial charge in [0.2, 0.25) is 0 Å². The molecule has 0 radical (unpaired) electrons. The van der Waals surface area contributed by atoms with Crippen LogP contribution in [0.4, 0.5) is 22.0 Å². The summed E-state index contributed by atoms with van der Waals surface area (Å²) in [7, 11) is 0. The van der Waals surface area contributed by atoms with Gasteiger partial charge in [0.05, 0.1) is 5.69 Å². The molecule has 0 fully saturated rings. The van der Waals surface area contributed by atoms with Gasteiger partial charge in [0.15, 0.2) is 0 Å². The zero-order chi connectivity index (χ0) is 22.6. The molecule has 162 valence electrons. The predicted molar refractivity (Wildman–Crippen MR) is 128 cm³/mol. The Balaban J connectivity index is 1.58. The summed E-state index contributed by atoms with van der Waals surface area (Å²) in [6, 6.07) is 24.9. The van der Waals surface area contributed by atoms with E-state index in [2.05, 4.69) is 15.6 Å². The lowest BCUT2D eigenvalue weighted by molar-refractivity contribution is 0.0636. The van der Waals surface area contributed by atoms with Gasteiger partial charge >= 0.3 is 6.09 Å². The van der Waals surface area contributed by atoms with Crippen molar-refractivity contribution < 1.29 is 14.3 Å². The van der Waals surface area contributed by atoms with E-state index >= 15 is 0 Å². The molecule has 3 aromatic carbocycles. The Morgan fingerprint density at radius 2 is 1.59 bits per heavy atom. The van der Waals surface area contributed by atoms with Crippen molar-refractivity contribution in [3.05, 3.63) is 85.1 Å². The minimum absolute atomic E-state index is 0.498. The molecule has 0 unspecified atom stereocenters. The molecule has 6 heteroatoms. The van der Waals surface area contributed by atoms with Crippen molar-refractivity contribution in [3.8, 4) is 11.5 Å². The molecule has 4 aromatic rings. The number of anilines is 3. The normalized spacial score (nSPS) is 11.1. The second-order valence-electron chi connectivity index (χ2n) is 8.25. The number of para-hydroxylation sites is 1. The lowest BCUT2D eigenvalue weighted by Gasteiger charge is -2.20. The topological polar surface area (TPSA) is 72.5 Å². The highest BCUT2D eigenvalue weighted by atomic mass is 16.6. The third-order valence-corrected chi connectivity index (χ3v) is 4.53. The smallest absolute Gasteiger partial charge is 0.412 e. The number of nitrogens with one attached hydrogen (secondary N) is 2. The molecule has 0 atom stereocenters. The molecule has 1 heterocycles. The Morgan fingerprint density at radius 3 is 2.34 bits per heavy atom. The maximum atomic E-state index is 12.3. The number of hydrogen-bond acceptors (Lipinski definition) is 5. The molecular weight excluding hydrogens is 402 g/mol. The van der Waals surface area contributed by atoms with Crippen LogP contribution in [0.1, 0.15) is 20.8 Å². The molecule has 0 spiro atoms. The van der Waals surface area contributed by atoms with Crippen LogP contribution in [0, 0.1) is 0 Å². The average molecular weight is 428 g/mol. The maximum absolute atomic E-state index is 12.3. The van der Waals surface area contributed by atoms with Crippen molar-refractivity contribution in [2.75, 3.05) is 10.6 Å². The zero-order valence-corrected chi connectivity index (χ0v) is 18.3. The van der Waals surface area contributed by atoms with Crippen LogP contribution in [0.5, 0.6) is 11.5 Å². The fourth-order valence-corrected chi connectivity index (χ4v) is 3.22. The highest BCUT2D eigenvalue weighted by Crippen LogP contribution is 2.35. The number of hydrogen-bond donors (Lipinski definition) is 2. The number of carbonyl (C=O) groups excluding carboxylic acids is 1. The van der Waals surface area contributed by atoms with Crippen LogP contribution in [0.2, 0.25) is 0 Å². The van der Waals surface area contributed by atoms with E-state index in [1.54, 1.807) is 12.3 Å². The van der Waals surface area contributed by atoms with Crippen LogP contribution in [0.15, 0.2) is 85.1 Å². The summed E-state index contributed by atoms with van der Waals surface area (Å²) in [5.41, 5.74) is 1.03. The fraction of sp³-hybridized carbons (Fsp3) is 0.154. The number of benzene rings is 3. The van der Waals surface area contributed by atoms with E-state index in [0.717, 1.165) is 16.5 Å². The number of amides is 1. The first-order chi connectivity index (χ1) is 15.4. The SMILES string of the molecule is CC(C)(C)OC(=O)Nc1ccc(Oc2ccnc(Nc3ccccc3)c2)c2ccccc12. The molecule has 0 aliphatic rings. The number of aromatic nitrogens is 1. The summed E-state index contributed by atoms with van der Waals surface area (Å²) in [6.07, 6.45) is 1.20. The van der Waals surface area contributed by atoms with Gasteiger partial charge in [0.25, 0.3) is 0 Å². The van der Waals surface area contributed by atoms with E-state index in [1.807, 2.05) is 93.6 Å². The molecule has 6 nitrogen and oxygen atoms in total. The van der Waals surface area contributed by atoms with Gasteiger partial charge in [-0.05, 0) is 51.1 Å². The number of fused-ring (bicyclic) bond motifs is 1. The molecule has 32 heavy (non-hydrogen) atoms. The molecule has 4 rings (SSSR count). The fourth-order valence-electron chi connectivity index (χ4n) is 3.22. The Morgan fingerprint density at radius 1 is 0.875 bits per heavy atom. The first-order valence-corrected chi connectivity index (χ1v) is 10.4. The summed E-state index contributed by atoms with van der Waals surface area (Å²) in [4.78, 5) is 16.6. The summed E-state index contributed by atoms with van der Waals surface area (Å²) >= 11 is 0. The summed E-state index contributed by atoms with van der Waals surface area (Å²) in [5, 5.41) is 7.82. The van der Waals surface area contributed by atoms with E-state index in [4.69, 9.17) is 9.47 Å². The van der Waals surface area contributed by atoms with Gasteiger partial charge in [-0.2, -0.15) is 0 Å². The third-order valence-electron chi connectivity index (χ3n) is 4.53. The van der Waals surface area contributed by atoms with E-state index in [-0.39, 0.29) is 0 Å². The predicted octanol–water partition coefficient (Wildman–Crippen LogP) is 7.12. The number of carbonyl (C=O) groups is 1. The molecule has 1 amide bonds. The molecule has 0 saturated carbocycles. The standard InChI is InChI=1S/C26H25N3O3/c1-26(2,3)32-25(30)29-22-13-14-23(21-12-8-7-11-20(21)22)31-19-15-16-27-24(17-19)28-18-9-5-4-6-10-18/h4-17H,1-3H3,(H,27,28)(H,29,30).